The quantitative estimate of drug-likeness (QED) is 0.448. The molecule has 6 nitrogen and oxygen atoms in total. The number of nitrogens with one attached hydrogen (secondary N) is 2. The van der Waals surface area contributed by atoms with E-state index in [1.54, 1.807) is 13.4 Å². The van der Waals surface area contributed by atoms with Crippen LogP contribution in [0.1, 0.15) is 37.6 Å². The summed E-state index contributed by atoms with van der Waals surface area (Å²) in [5.74, 6) is 0.886. The molecule has 2 aromatic rings. The lowest BCUT2D eigenvalue weighted by Crippen LogP contribution is -2.46. The number of carbonyl (C=O) groups excluding carboxylic acids is 1. The highest BCUT2D eigenvalue weighted by Gasteiger charge is 2.18. The normalized spacial score (nSPS) is 14.2. The monoisotopic (exact) mass is 448 g/mol. The van der Waals surface area contributed by atoms with Crippen molar-refractivity contribution in [3.63, 3.8) is 0 Å². The fourth-order valence-corrected chi connectivity index (χ4v) is 3.21. The number of rotatable bonds is 7. The van der Waals surface area contributed by atoms with Gasteiger partial charge in [-0.2, -0.15) is 0 Å². The largest absolute Gasteiger partial charge is 0.505 e. The zero-order valence-corrected chi connectivity index (χ0v) is 20.2. The summed E-state index contributed by atoms with van der Waals surface area (Å²) in [5, 5.41) is 6.49. The van der Waals surface area contributed by atoms with Crippen LogP contribution in [0.5, 0.6) is 0 Å². The summed E-state index contributed by atoms with van der Waals surface area (Å²) < 4.78 is 4.51. The SMILES string of the molecule is C/C=C/OC.CC/C=C/C(C)=C/Nc1ccc(-c2cccc(C(=O)N3CCNCC3)c2)cn1. The fourth-order valence-electron chi connectivity index (χ4n) is 3.21. The van der Waals surface area contributed by atoms with Crippen LogP contribution in [-0.4, -0.2) is 49.1 Å². The lowest BCUT2D eigenvalue weighted by molar-refractivity contribution is 0.0736. The van der Waals surface area contributed by atoms with Crippen molar-refractivity contribution in [1.29, 1.82) is 0 Å². The van der Waals surface area contributed by atoms with Gasteiger partial charge in [0, 0.05) is 49.7 Å². The Morgan fingerprint density at radius 2 is 2.00 bits per heavy atom. The van der Waals surface area contributed by atoms with Crippen molar-refractivity contribution in [3.05, 3.63) is 84.4 Å². The van der Waals surface area contributed by atoms with Crippen molar-refractivity contribution in [2.45, 2.75) is 27.2 Å². The lowest BCUT2D eigenvalue weighted by atomic mass is 10.0. The molecule has 0 spiro atoms. The maximum Gasteiger partial charge on any atom is 0.253 e. The number of amides is 1. The second-order valence-electron chi connectivity index (χ2n) is 7.60. The minimum atomic E-state index is 0.0929. The van der Waals surface area contributed by atoms with Crippen molar-refractivity contribution in [2.75, 3.05) is 38.6 Å². The molecule has 0 aliphatic carbocycles. The van der Waals surface area contributed by atoms with Gasteiger partial charge in [0.25, 0.3) is 5.91 Å². The molecule has 1 fully saturated rings. The minimum Gasteiger partial charge on any atom is -0.505 e. The molecule has 2 heterocycles. The summed E-state index contributed by atoms with van der Waals surface area (Å²) in [6, 6.07) is 11.8. The molecule has 0 radical (unpaired) electrons. The van der Waals surface area contributed by atoms with E-state index in [0.717, 1.165) is 60.7 Å². The zero-order chi connectivity index (χ0) is 23.9. The third-order valence-corrected chi connectivity index (χ3v) is 4.95. The van der Waals surface area contributed by atoms with E-state index in [4.69, 9.17) is 0 Å². The number of piperazine rings is 1. The van der Waals surface area contributed by atoms with Crippen LogP contribution in [0.2, 0.25) is 0 Å². The minimum absolute atomic E-state index is 0.0929. The molecule has 0 bridgehead atoms. The summed E-state index contributed by atoms with van der Waals surface area (Å²) in [4.78, 5) is 19.1. The van der Waals surface area contributed by atoms with Crippen LogP contribution in [0, 0.1) is 0 Å². The first-order valence-corrected chi connectivity index (χ1v) is 11.4. The van der Waals surface area contributed by atoms with Gasteiger partial charge in [0.2, 0.25) is 0 Å². The van der Waals surface area contributed by atoms with Gasteiger partial charge in [0.15, 0.2) is 0 Å². The Bertz CT molecular complexity index is 943. The van der Waals surface area contributed by atoms with Gasteiger partial charge in [-0.1, -0.05) is 37.3 Å². The standard InChI is InChI=1S/C23H28N4O.C4H8O/c1-3-4-6-18(2)16-25-22-10-9-21(17-26-22)19-7-5-8-20(15-19)23(28)27-13-11-24-12-14-27;1-3-4-5-2/h4-10,15-17,24H,3,11-14H2,1-2H3,(H,25,26);3-4H,1-2H3/b6-4+,18-16+;4-3+. The summed E-state index contributed by atoms with van der Waals surface area (Å²) in [6.07, 6.45) is 12.5. The number of pyridine rings is 1. The molecule has 0 saturated carbocycles. The van der Waals surface area contributed by atoms with E-state index in [2.05, 4.69) is 46.4 Å². The lowest BCUT2D eigenvalue weighted by Gasteiger charge is -2.27. The molecule has 176 valence electrons. The first kappa shape index (κ1) is 25.9. The number of ether oxygens (including phenoxy) is 1. The molecule has 3 rings (SSSR count). The summed E-state index contributed by atoms with van der Waals surface area (Å²) >= 11 is 0. The van der Waals surface area contributed by atoms with Crippen LogP contribution >= 0.6 is 0 Å². The maximum absolute atomic E-state index is 12.7. The van der Waals surface area contributed by atoms with E-state index < -0.39 is 0 Å². The van der Waals surface area contributed by atoms with E-state index in [0.29, 0.717) is 0 Å². The first-order valence-electron chi connectivity index (χ1n) is 11.4. The molecule has 1 aliphatic heterocycles. The molecule has 1 amide bonds. The van der Waals surface area contributed by atoms with E-state index in [1.165, 1.54) is 0 Å². The van der Waals surface area contributed by atoms with Crippen molar-refractivity contribution >= 4 is 11.7 Å². The first-order chi connectivity index (χ1) is 16.1. The van der Waals surface area contributed by atoms with Gasteiger partial charge in [0.1, 0.15) is 5.82 Å². The fraction of sp³-hybridized carbons (Fsp3) is 0.333. The van der Waals surface area contributed by atoms with Gasteiger partial charge in [-0.15, -0.1) is 0 Å². The Morgan fingerprint density at radius 3 is 2.61 bits per heavy atom. The summed E-state index contributed by atoms with van der Waals surface area (Å²) in [5.41, 5.74) is 3.86. The number of hydrogen-bond acceptors (Lipinski definition) is 5. The third-order valence-electron chi connectivity index (χ3n) is 4.95. The van der Waals surface area contributed by atoms with Crippen LogP contribution in [-0.2, 0) is 4.74 Å². The van der Waals surface area contributed by atoms with Gasteiger partial charge >= 0.3 is 0 Å². The predicted octanol–water partition coefficient (Wildman–Crippen LogP) is 5.24. The predicted molar refractivity (Wildman–Crippen MR) is 137 cm³/mol. The van der Waals surface area contributed by atoms with Crippen molar-refractivity contribution < 1.29 is 9.53 Å². The van der Waals surface area contributed by atoms with Crippen LogP contribution in [0.4, 0.5) is 5.82 Å². The molecule has 1 aromatic carbocycles. The molecule has 6 heteroatoms. The van der Waals surface area contributed by atoms with Crippen molar-refractivity contribution in [1.82, 2.24) is 15.2 Å². The smallest absolute Gasteiger partial charge is 0.253 e. The number of carbonyl (C=O) groups is 1. The molecule has 0 atom stereocenters. The number of nitrogens with zero attached hydrogens (tertiary/aromatic N) is 2. The van der Waals surface area contributed by atoms with Crippen molar-refractivity contribution in [3.8, 4) is 11.1 Å². The second-order valence-corrected chi connectivity index (χ2v) is 7.60. The molecule has 1 saturated heterocycles. The second kappa shape index (κ2) is 14.6. The molecule has 33 heavy (non-hydrogen) atoms. The molecular weight excluding hydrogens is 412 g/mol. The number of aromatic nitrogens is 1. The van der Waals surface area contributed by atoms with E-state index in [1.807, 2.05) is 66.7 Å². The van der Waals surface area contributed by atoms with Gasteiger partial charge in [0.05, 0.1) is 13.4 Å². The van der Waals surface area contributed by atoms with E-state index in [-0.39, 0.29) is 5.91 Å². The highest BCUT2D eigenvalue weighted by molar-refractivity contribution is 5.95. The molecule has 2 N–H and O–H groups in total. The average Bonchev–Trinajstić information content (AvgIpc) is 2.87. The topological polar surface area (TPSA) is 66.5 Å². The molecule has 0 unspecified atom stereocenters. The van der Waals surface area contributed by atoms with E-state index in [9.17, 15) is 4.79 Å². The Balaban J connectivity index is 0.000000696. The maximum atomic E-state index is 12.7. The highest BCUT2D eigenvalue weighted by Crippen LogP contribution is 2.22. The zero-order valence-electron chi connectivity index (χ0n) is 20.2. The van der Waals surface area contributed by atoms with Crippen LogP contribution < -0.4 is 10.6 Å². The highest BCUT2D eigenvalue weighted by atomic mass is 16.5. The number of anilines is 1. The number of methoxy groups -OCH3 is 1. The third kappa shape index (κ3) is 8.94. The number of hydrogen-bond donors (Lipinski definition) is 2. The Labute approximate surface area is 198 Å². The van der Waals surface area contributed by atoms with Gasteiger partial charge in [-0.3, -0.25) is 4.79 Å². The summed E-state index contributed by atoms with van der Waals surface area (Å²) in [7, 11) is 1.62. The summed E-state index contributed by atoms with van der Waals surface area (Å²) in [6.45, 7) is 9.29. The molecule has 1 aliphatic rings. The van der Waals surface area contributed by atoms with Crippen LogP contribution in [0.3, 0.4) is 0 Å². The molecule has 1 aromatic heterocycles. The Kier molecular flexibility index (Phi) is 11.5. The van der Waals surface area contributed by atoms with Gasteiger partial charge < -0.3 is 20.3 Å². The number of benzene rings is 1. The average molecular weight is 449 g/mol. The van der Waals surface area contributed by atoms with Gasteiger partial charge in [-0.25, -0.2) is 4.98 Å². The van der Waals surface area contributed by atoms with Crippen LogP contribution in [0.25, 0.3) is 11.1 Å². The van der Waals surface area contributed by atoms with Crippen molar-refractivity contribution in [2.24, 2.45) is 0 Å². The molecular formula is C27H36N4O2. The van der Waals surface area contributed by atoms with E-state index >= 15 is 0 Å². The number of allylic oxidation sites excluding steroid dienone is 4. The Morgan fingerprint density at radius 1 is 1.21 bits per heavy atom. The van der Waals surface area contributed by atoms with Crippen LogP contribution in [0.15, 0.2) is 78.9 Å². The Hall–Kier alpha value is -3.38. The van der Waals surface area contributed by atoms with Gasteiger partial charge in [-0.05, 0) is 55.7 Å².